The largest absolute Gasteiger partial charge is 0.327 e. The van der Waals surface area contributed by atoms with E-state index in [0.29, 0.717) is 17.9 Å². The summed E-state index contributed by atoms with van der Waals surface area (Å²) in [7, 11) is 0. The second kappa shape index (κ2) is 3.81. The van der Waals surface area contributed by atoms with Crippen molar-refractivity contribution in [3.63, 3.8) is 0 Å². The Morgan fingerprint density at radius 2 is 2.06 bits per heavy atom. The molecule has 1 aromatic carbocycles. The summed E-state index contributed by atoms with van der Waals surface area (Å²) in [6, 6.07) is 3.46. The van der Waals surface area contributed by atoms with Gasteiger partial charge in [-0.25, -0.2) is 8.78 Å². The fourth-order valence-corrected chi connectivity index (χ4v) is 2.33. The highest BCUT2D eigenvalue weighted by molar-refractivity contribution is 5.21. The molecule has 0 aromatic heterocycles. The third-order valence-electron chi connectivity index (χ3n) is 3.57. The molecule has 2 rings (SSSR count). The summed E-state index contributed by atoms with van der Waals surface area (Å²) in [5, 5.41) is 0. The van der Waals surface area contributed by atoms with E-state index in [9.17, 15) is 8.78 Å². The molecule has 88 valence electrons. The molecule has 3 heteroatoms. The van der Waals surface area contributed by atoms with Gasteiger partial charge in [-0.1, -0.05) is 13.8 Å². The van der Waals surface area contributed by atoms with Crippen LogP contribution < -0.4 is 5.73 Å². The average Bonchev–Trinajstić information content (AvgIpc) is 2.82. The molecule has 1 aliphatic rings. The number of hydrogen-bond acceptors (Lipinski definition) is 1. The fraction of sp³-hybridized carbons (Fsp3) is 0.538. The van der Waals surface area contributed by atoms with Crippen molar-refractivity contribution in [3.8, 4) is 0 Å². The van der Waals surface area contributed by atoms with E-state index in [1.54, 1.807) is 0 Å². The number of halogens is 2. The molecule has 2 unspecified atom stereocenters. The van der Waals surface area contributed by atoms with E-state index in [0.717, 1.165) is 18.6 Å². The number of rotatable bonds is 3. The van der Waals surface area contributed by atoms with Gasteiger partial charge in [0.05, 0.1) is 0 Å². The lowest BCUT2D eigenvalue weighted by atomic mass is 9.98. The molecule has 2 atom stereocenters. The Hall–Kier alpha value is -0.960. The van der Waals surface area contributed by atoms with Crippen molar-refractivity contribution in [1.82, 2.24) is 0 Å². The summed E-state index contributed by atoms with van der Waals surface area (Å²) in [5.41, 5.74) is 6.67. The Morgan fingerprint density at radius 1 is 1.44 bits per heavy atom. The quantitative estimate of drug-likeness (QED) is 0.841. The van der Waals surface area contributed by atoms with Gasteiger partial charge in [0.15, 0.2) is 0 Å². The molecule has 0 radical (unpaired) electrons. The maximum absolute atomic E-state index is 13.4. The van der Waals surface area contributed by atoms with Crippen LogP contribution in [0.5, 0.6) is 0 Å². The van der Waals surface area contributed by atoms with Crippen molar-refractivity contribution >= 4 is 0 Å². The minimum atomic E-state index is -0.404. The van der Waals surface area contributed by atoms with Crippen LogP contribution in [0.4, 0.5) is 8.78 Å². The van der Waals surface area contributed by atoms with Crippen molar-refractivity contribution in [2.45, 2.75) is 32.7 Å². The van der Waals surface area contributed by atoms with E-state index in [1.807, 2.05) is 0 Å². The molecule has 0 saturated heterocycles. The topological polar surface area (TPSA) is 26.0 Å². The highest BCUT2D eigenvalue weighted by Crippen LogP contribution is 2.53. The Kier molecular flexibility index (Phi) is 2.74. The normalized spacial score (nSPS) is 24.2. The molecule has 2 N–H and O–H groups in total. The maximum Gasteiger partial charge on any atom is 0.126 e. The lowest BCUT2D eigenvalue weighted by Crippen LogP contribution is -2.27. The second-order valence-electron chi connectivity index (χ2n) is 5.40. The molecule has 1 nitrogen and oxygen atoms in total. The molecule has 1 aromatic rings. The van der Waals surface area contributed by atoms with Gasteiger partial charge >= 0.3 is 0 Å². The predicted octanol–water partition coefficient (Wildman–Crippen LogP) is 2.88. The predicted molar refractivity (Wildman–Crippen MR) is 59.9 cm³/mol. The van der Waals surface area contributed by atoms with E-state index in [2.05, 4.69) is 13.8 Å². The van der Waals surface area contributed by atoms with Gasteiger partial charge in [0, 0.05) is 6.04 Å². The molecule has 16 heavy (non-hydrogen) atoms. The Balaban J connectivity index is 2.06. The van der Waals surface area contributed by atoms with Crippen LogP contribution in [-0.4, -0.2) is 6.04 Å². The highest BCUT2D eigenvalue weighted by Gasteiger charge is 2.48. The first-order chi connectivity index (χ1) is 7.40. The SMILES string of the molecule is CC1(C)CC1C(N)Cc1cc(F)ccc1F. The molecule has 0 spiro atoms. The van der Waals surface area contributed by atoms with E-state index >= 15 is 0 Å². The molecular formula is C13H17F2N. The Labute approximate surface area is 94.7 Å². The molecular weight excluding hydrogens is 208 g/mol. The van der Waals surface area contributed by atoms with Crippen LogP contribution in [0.2, 0.25) is 0 Å². The molecule has 0 bridgehead atoms. The van der Waals surface area contributed by atoms with Crippen LogP contribution in [0, 0.1) is 23.0 Å². The van der Waals surface area contributed by atoms with Crippen molar-refractivity contribution in [2.24, 2.45) is 17.1 Å². The minimum absolute atomic E-state index is 0.0775. The van der Waals surface area contributed by atoms with Gasteiger partial charge in [0.1, 0.15) is 11.6 Å². The molecule has 0 heterocycles. The third kappa shape index (κ3) is 2.24. The van der Waals surface area contributed by atoms with Crippen molar-refractivity contribution < 1.29 is 8.78 Å². The van der Waals surface area contributed by atoms with Gasteiger partial charge < -0.3 is 5.73 Å². The Morgan fingerprint density at radius 3 is 2.62 bits per heavy atom. The zero-order valence-electron chi connectivity index (χ0n) is 9.63. The lowest BCUT2D eigenvalue weighted by molar-refractivity contribution is 0.468. The van der Waals surface area contributed by atoms with Gasteiger partial charge in [-0.3, -0.25) is 0 Å². The zero-order chi connectivity index (χ0) is 11.9. The molecule has 0 aliphatic heterocycles. The van der Waals surface area contributed by atoms with E-state index in [4.69, 9.17) is 5.73 Å². The van der Waals surface area contributed by atoms with Gasteiger partial charge in [-0.2, -0.15) is 0 Å². The van der Waals surface area contributed by atoms with Crippen molar-refractivity contribution in [2.75, 3.05) is 0 Å². The second-order valence-corrected chi connectivity index (χ2v) is 5.40. The van der Waals surface area contributed by atoms with Crippen LogP contribution in [0.25, 0.3) is 0 Å². The first-order valence-corrected chi connectivity index (χ1v) is 5.59. The molecule has 0 amide bonds. The van der Waals surface area contributed by atoms with Crippen molar-refractivity contribution in [1.29, 1.82) is 0 Å². The molecule has 1 saturated carbocycles. The Bertz CT molecular complexity index is 401. The van der Waals surface area contributed by atoms with E-state index < -0.39 is 5.82 Å². The van der Waals surface area contributed by atoms with Crippen LogP contribution >= 0.6 is 0 Å². The molecule has 1 aliphatic carbocycles. The van der Waals surface area contributed by atoms with Crippen molar-refractivity contribution in [3.05, 3.63) is 35.4 Å². The number of benzene rings is 1. The van der Waals surface area contributed by atoms with Gasteiger partial charge in [-0.05, 0) is 47.9 Å². The lowest BCUT2D eigenvalue weighted by Gasteiger charge is -2.14. The summed E-state index contributed by atoms with van der Waals surface area (Å²) in [6.45, 7) is 4.30. The smallest absolute Gasteiger partial charge is 0.126 e. The van der Waals surface area contributed by atoms with Crippen LogP contribution in [0.1, 0.15) is 25.8 Å². The van der Waals surface area contributed by atoms with E-state index in [-0.39, 0.29) is 17.3 Å². The molecule has 1 fully saturated rings. The van der Waals surface area contributed by atoms with Gasteiger partial charge in [0.25, 0.3) is 0 Å². The van der Waals surface area contributed by atoms with Crippen LogP contribution in [0.15, 0.2) is 18.2 Å². The first-order valence-electron chi connectivity index (χ1n) is 5.59. The highest BCUT2D eigenvalue weighted by atomic mass is 19.1. The fourth-order valence-electron chi connectivity index (χ4n) is 2.33. The van der Waals surface area contributed by atoms with Crippen LogP contribution in [0.3, 0.4) is 0 Å². The standard InChI is InChI=1S/C13H17F2N/c1-13(2)7-10(13)12(16)6-8-5-9(14)3-4-11(8)15/h3-5,10,12H,6-7,16H2,1-2H3. The summed E-state index contributed by atoms with van der Waals surface area (Å²) >= 11 is 0. The first kappa shape index (κ1) is 11.5. The maximum atomic E-state index is 13.4. The third-order valence-corrected chi connectivity index (χ3v) is 3.57. The summed E-state index contributed by atoms with van der Waals surface area (Å²) in [5.74, 6) is -0.343. The summed E-state index contributed by atoms with van der Waals surface area (Å²) in [6.07, 6.45) is 1.49. The average molecular weight is 225 g/mol. The van der Waals surface area contributed by atoms with Crippen LogP contribution in [-0.2, 0) is 6.42 Å². The van der Waals surface area contributed by atoms with Gasteiger partial charge in [-0.15, -0.1) is 0 Å². The summed E-state index contributed by atoms with van der Waals surface area (Å²) in [4.78, 5) is 0. The zero-order valence-corrected chi connectivity index (χ0v) is 9.63. The number of hydrogen-bond donors (Lipinski definition) is 1. The van der Waals surface area contributed by atoms with Gasteiger partial charge in [0.2, 0.25) is 0 Å². The summed E-state index contributed by atoms with van der Waals surface area (Å²) < 4.78 is 26.3. The minimum Gasteiger partial charge on any atom is -0.327 e. The monoisotopic (exact) mass is 225 g/mol. The number of nitrogens with two attached hydrogens (primary N) is 1. The van der Waals surface area contributed by atoms with E-state index in [1.165, 1.54) is 6.07 Å².